The maximum atomic E-state index is 13.3. The Kier molecular flexibility index (Phi) is 7.66. The van der Waals surface area contributed by atoms with Gasteiger partial charge in [0, 0.05) is 54.1 Å². The quantitative estimate of drug-likeness (QED) is 0.338. The summed E-state index contributed by atoms with van der Waals surface area (Å²) in [5.74, 6) is 0.733. The molecule has 0 radical (unpaired) electrons. The Labute approximate surface area is 221 Å². The third-order valence-corrected chi connectivity index (χ3v) is 5.57. The number of alkyl halides is 3. The monoisotopic (exact) mass is 537 g/mol. The van der Waals surface area contributed by atoms with E-state index in [0.29, 0.717) is 34.5 Å². The van der Waals surface area contributed by atoms with E-state index in [1.807, 2.05) is 0 Å². The number of nitrogens with zero attached hydrogens (tertiary/aromatic N) is 5. The van der Waals surface area contributed by atoms with Crippen molar-refractivity contribution in [3.05, 3.63) is 66.4 Å². The molecule has 39 heavy (non-hydrogen) atoms. The SMILES string of the molecule is CCNC(=O)Nc1cc(-n2ccc(C(F)(F)F)n2)c(-c2cncc(-c3cc(C#N)c(OC)c(OC)c3)c2)cn1. The highest BCUT2D eigenvalue weighted by Crippen LogP contribution is 2.37. The molecule has 0 unspecified atom stereocenters. The summed E-state index contributed by atoms with van der Waals surface area (Å²) >= 11 is 0. The summed E-state index contributed by atoms with van der Waals surface area (Å²) in [6.45, 7) is 2.11. The van der Waals surface area contributed by atoms with Crippen LogP contribution in [-0.4, -0.2) is 46.5 Å². The fourth-order valence-electron chi connectivity index (χ4n) is 3.81. The number of nitrogens with one attached hydrogen (secondary N) is 2. The zero-order valence-corrected chi connectivity index (χ0v) is 21.0. The van der Waals surface area contributed by atoms with Crippen LogP contribution in [0.3, 0.4) is 0 Å². The highest BCUT2D eigenvalue weighted by atomic mass is 19.4. The van der Waals surface area contributed by atoms with Crippen molar-refractivity contribution >= 4 is 11.8 Å². The van der Waals surface area contributed by atoms with Gasteiger partial charge in [-0.25, -0.2) is 14.5 Å². The summed E-state index contributed by atoms with van der Waals surface area (Å²) in [4.78, 5) is 20.6. The number of nitriles is 1. The minimum atomic E-state index is -4.64. The Balaban J connectivity index is 1.84. The first-order chi connectivity index (χ1) is 18.7. The number of hydrogen-bond acceptors (Lipinski definition) is 7. The molecule has 1 aromatic carbocycles. The van der Waals surface area contributed by atoms with Crippen molar-refractivity contribution in [2.75, 3.05) is 26.1 Å². The number of anilines is 1. The topological polar surface area (TPSA) is 127 Å². The maximum absolute atomic E-state index is 13.3. The number of hydrogen-bond donors (Lipinski definition) is 2. The van der Waals surface area contributed by atoms with Gasteiger partial charge >= 0.3 is 12.2 Å². The number of aromatic nitrogens is 4. The van der Waals surface area contributed by atoms with Crippen LogP contribution < -0.4 is 20.1 Å². The molecule has 2 N–H and O–H groups in total. The molecule has 200 valence electrons. The van der Waals surface area contributed by atoms with Crippen molar-refractivity contribution in [1.82, 2.24) is 25.1 Å². The molecule has 0 bridgehead atoms. The number of ether oxygens (including phenoxy) is 2. The average Bonchev–Trinajstić information content (AvgIpc) is 3.43. The van der Waals surface area contributed by atoms with E-state index in [9.17, 15) is 23.2 Å². The second-order valence-corrected chi connectivity index (χ2v) is 8.05. The summed E-state index contributed by atoms with van der Waals surface area (Å²) in [6.07, 6.45) is 1.01. The van der Waals surface area contributed by atoms with E-state index >= 15 is 0 Å². The second-order valence-electron chi connectivity index (χ2n) is 8.05. The number of amides is 2. The first-order valence-electron chi connectivity index (χ1n) is 11.5. The summed E-state index contributed by atoms with van der Waals surface area (Å²) < 4.78 is 51.6. The summed E-state index contributed by atoms with van der Waals surface area (Å²) in [6, 6.07) is 8.85. The number of urea groups is 1. The second kappa shape index (κ2) is 11.1. The number of carbonyl (C=O) groups is 1. The van der Waals surface area contributed by atoms with Gasteiger partial charge in [-0.15, -0.1) is 0 Å². The van der Waals surface area contributed by atoms with E-state index < -0.39 is 17.9 Å². The molecule has 3 heterocycles. The molecular formula is C26H22F3N7O3. The molecule has 0 saturated carbocycles. The lowest BCUT2D eigenvalue weighted by atomic mass is 10.00. The van der Waals surface area contributed by atoms with Crippen LogP contribution >= 0.6 is 0 Å². The summed E-state index contributed by atoms with van der Waals surface area (Å²) in [5.41, 5.74) is 1.47. The van der Waals surface area contributed by atoms with E-state index in [1.54, 1.807) is 31.3 Å². The molecule has 0 aliphatic rings. The van der Waals surface area contributed by atoms with Crippen molar-refractivity contribution < 1.29 is 27.4 Å². The van der Waals surface area contributed by atoms with Crippen molar-refractivity contribution in [1.29, 1.82) is 5.26 Å². The largest absolute Gasteiger partial charge is 0.493 e. The lowest BCUT2D eigenvalue weighted by Crippen LogP contribution is -2.28. The van der Waals surface area contributed by atoms with Crippen LogP contribution in [0.1, 0.15) is 18.2 Å². The summed E-state index contributed by atoms with van der Waals surface area (Å²) in [5, 5.41) is 18.4. The number of benzene rings is 1. The molecule has 3 aromatic heterocycles. The predicted octanol–water partition coefficient (Wildman–Crippen LogP) is 5.05. The molecule has 2 amide bonds. The number of methoxy groups -OCH3 is 2. The van der Waals surface area contributed by atoms with Crippen LogP contribution in [0.15, 0.2) is 55.1 Å². The van der Waals surface area contributed by atoms with Crippen LogP contribution in [-0.2, 0) is 6.18 Å². The molecule has 4 rings (SSSR count). The Morgan fingerprint density at radius 2 is 1.85 bits per heavy atom. The highest BCUT2D eigenvalue weighted by molar-refractivity contribution is 5.89. The van der Waals surface area contributed by atoms with E-state index in [0.717, 1.165) is 10.7 Å². The molecule has 0 atom stereocenters. The normalized spacial score (nSPS) is 11.0. The maximum Gasteiger partial charge on any atom is 0.435 e. The van der Waals surface area contributed by atoms with Gasteiger partial charge in [-0.05, 0) is 36.8 Å². The number of rotatable bonds is 7. The molecule has 0 saturated heterocycles. The fraction of sp³-hybridized carbons (Fsp3) is 0.192. The smallest absolute Gasteiger partial charge is 0.435 e. The van der Waals surface area contributed by atoms with Crippen molar-refractivity contribution in [2.24, 2.45) is 0 Å². The van der Waals surface area contributed by atoms with Crippen molar-refractivity contribution in [3.8, 4) is 45.5 Å². The minimum absolute atomic E-state index is 0.103. The van der Waals surface area contributed by atoms with E-state index in [-0.39, 0.29) is 22.8 Å². The number of carbonyl (C=O) groups excluding carboxylic acids is 1. The van der Waals surface area contributed by atoms with Crippen LogP contribution in [0.4, 0.5) is 23.8 Å². The van der Waals surface area contributed by atoms with E-state index in [1.165, 1.54) is 38.9 Å². The van der Waals surface area contributed by atoms with E-state index in [2.05, 4.69) is 31.8 Å². The van der Waals surface area contributed by atoms with Gasteiger partial charge in [0.2, 0.25) is 0 Å². The average molecular weight is 538 g/mol. The number of pyridine rings is 2. The van der Waals surface area contributed by atoms with Crippen LogP contribution in [0.25, 0.3) is 27.9 Å². The molecule has 4 aromatic rings. The lowest BCUT2D eigenvalue weighted by molar-refractivity contribution is -0.141. The van der Waals surface area contributed by atoms with Gasteiger partial charge in [-0.2, -0.15) is 23.5 Å². The van der Waals surface area contributed by atoms with Gasteiger partial charge in [0.05, 0.1) is 25.5 Å². The first-order valence-corrected chi connectivity index (χ1v) is 11.5. The molecular weight excluding hydrogens is 515 g/mol. The molecule has 0 aliphatic heterocycles. The van der Waals surface area contributed by atoms with Crippen molar-refractivity contribution in [2.45, 2.75) is 13.1 Å². The summed E-state index contributed by atoms with van der Waals surface area (Å²) in [7, 11) is 2.88. The fourth-order valence-corrected chi connectivity index (χ4v) is 3.81. The standard InChI is InChI=1S/C26H22F3N7O3/c1-4-32-25(37)34-23-10-20(36-6-5-22(35-36)26(27,28)29)19(14-33-23)18-8-17(12-31-13-18)15-7-16(11-30)24(39-3)21(9-15)38-2/h5-10,12-14H,4H2,1-3H3,(H2,32,33,34,37). The molecule has 0 spiro atoms. The third kappa shape index (κ3) is 5.74. The number of halogens is 3. The Morgan fingerprint density at radius 1 is 1.08 bits per heavy atom. The Morgan fingerprint density at radius 3 is 2.49 bits per heavy atom. The zero-order valence-electron chi connectivity index (χ0n) is 21.0. The van der Waals surface area contributed by atoms with Gasteiger partial charge in [0.25, 0.3) is 0 Å². The molecule has 13 heteroatoms. The Bertz CT molecular complexity index is 1560. The van der Waals surface area contributed by atoms with Gasteiger partial charge in [-0.1, -0.05) is 0 Å². The van der Waals surface area contributed by atoms with Crippen molar-refractivity contribution in [3.63, 3.8) is 0 Å². The predicted molar refractivity (Wildman–Crippen MR) is 136 cm³/mol. The molecule has 0 aliphatic carbocycles. The highest BCUT2D eigenvalue weighted by Gasteiger charge is 2.34. The minimum Gasteiger partial charge on any atom is -0.493 e. The lowest BCUT2D eigenvalue weighted by Gasteiger charge is -2.14. The molecule has 10 nitrogen and oxygen atoms in total. The third-order valence-electron chi connectivity index (χ3n) is 5.57. The Hall–Kier alpha value is -5.12. The van der Waals surface area contributed by atoms with Gasteiger partial charge in [0.15, 0.2) is 17.2 Å². The van der Waals surface area contributed by atoms with Crippen LogP contribution in [0, 0.1) is 11.3 Å². The first kappa shape index (κ1) is 26.9. The zero-order chi connectivity index (χ0) is 28.2. The molecule has 0 fully saturated rings. The van der Waals surface area contributed by atoms with Gasteiger partial charge < -0.3 is 14.8 Å². The van der Waals surface area contributed by atoms with Gasteiger partial charge in [-0.3, -0.25) is 10.3 Å². The van der Waals surface area contributed by atoms with Crippen LogP contribution in [0.5, 0.6) is 11.5 Å². The van der Waals surface area contributed by atoms with Gasteiger partial charge in [0.1, 0.15) is 11.9 Å². The van der Waals surface area contributed by atoms with E-state index in [4.69, 9.17) is 9.47 Å². The van der Waals surface area contributed by atoms with Crippen LogP contribution in [0.2, 0.25) is 0 Å².